The van der Waals surface area contributed by atoms with Gasteiger partial charge in [-0.3, -0.25) is 4.90 Å². The predicted molar refractivity (Wildman–Crippen MR) is 62.6 cm³/mol. The third-order valence-corrected chi connectivity index (χ3v) is 3.34. The number of nitrogens with one attached hydrogen (secondary N) is 1. The maximum Gasteiger partial charge on any atom is 0.0977 e. The van der Waals surface area contributed by atoms with Crippen LogP contribution in [0.4, 0.5) is 0 Å². The summed E-state index contributed by atoms with van der Waals surface area (Å²) in [6.07, 6.45) is 5.97. The number of nitrogens with zero attached hydrogens (tertiary/aromatic N) is 2. The number of rotatable bonds is 5. The van der Waals surface area contributed by atoms with E-state index in [0.717, 1.165) is 19.5 Å². The highest BCUT2D eigenvalue weighted by molar-refractivity contribution is 4.95. The lowest BCUT2D eigenvalue weighted by molar-refractivity contribution is 0.111. The first-order valence-corrected chi connectivity index (χ1v) is 6.13. The van der Waals surface area contributed by atoms with Crippen molar-refractivity contribution in [3.05, 3.63) is 0 Å². The van der Waals surface area contributed by atoms with E-state index in [-0.39, 0.29) is 6.04 Å². The van der Waals surface area contributed by atoms with Crippen LogP contribution in [0.3, 0.4) is 0 Å². The van der Waals surface area contributed by atoms with Gasteiger partial charge in [0.2, 0.25) is 0 Å². The van der Waals surface area contributed by atoms with Gasteiger partial charge in [0.05, 0.1) is 12.1 Å². The van der Waals surface area contributed by atoms with Crippen molar-refractivity contribution in [2.24, 2.45) is 0 Å². The highest BCUT2D eigenvalue weighted by Gasteiger charge is 2.27. The first-order valence-electron chi connectivity index (χ1n) is 6.13. The summed E-state index contributed by atoms with van der Waals surface area (Å²) in [4.78, 5) is 2.42. The van der Waals surface area contributed by atoms with Gasteiger partial charge in [-0.2, -0.15) is 5.26 Å². The minimum absolute atomic E-state index is 0.132. The van der Waals surface area contributed by atoms with E-state index in [9.17, 15) is 0 Å². The van der Waals surface area contributed by atoms with Crippen LogP contribution in [0, 0.1) is 11.3 Å². The van der Waals surface area contributed by atoms with E-state index >= 15 is 0 Å². The Balaban J connectivity index is 2.52. The largest absolute Gasteiger partial charge is 0.320 e. The number of nitriles is 1. The number of piperidine rings is 1. The Morgan fingerprint density at radius 2 is 2.33 bits per heavy atom. The summed E-state index contributed by atoms with van der Waals surface area (Å²) in [6.45, 7) is 4.28. The quantitative estimate of drug-likeness (QED) is 0.750. The highest BCUT2D eigenvalue weighted by Crippen LogP contribution is 2.22. The SMILES string of the molecule is CCC(C#N)N1CCCCC1CCNC. The van der Waals surface area contributed by atoms with E-state index < -0.39 is 0 Å². The second kappa shape index (κ2) is 6.81. The van der Waals surface area contributed by atoms with Crippen LogP contribution in [-0.2, 0) is 0 Å². The van der Waals surface area contributed by atoms with Gasteiger partial charge in [-0.05, 0) is 45.8 Å². The number of hydrogen-bond donors (Lipinski definition) is 1. The second-order valence-electron chi connectivity index (χ2n) is 4.33. The van der Waals surface area contributed by atoms with Gasteiger partial charge in [0.1, 0.15) is 0 Å². The highest BCUT2D eigenvalue weighted by atomic mass is 15.2. The van der Waals surface area contributed by atoms with Gasteiger partial charge >= 0.3 is 0 Å². The van der Waals surface area contributed by atoms with Gasteiger partial charge in [0.25, 0.3) is 0 Å². The summed E-state index contributed by atoms with van der Waals surface area (Å²) in [5, 5.41) is 12.3. The molecule has 0 aliphatic carbocycles. The molecule has 15 heavy (non-hydrogen) atoms. The Kier molecular flexibility index (Phi) is 5.67. The molecule has 2 unspecified atom stereocenters. The molecule has 1 aliphatic rings. The smallest absolute Gasteiger partial charge is 0.0977 e. The molecular formula is C12H23N3. The molecule has 0 saturated carbocycles. The molecule has 0 spiro atoms. The fourth-order valence-corrected chi connectivity index (χ4v) is 2.45. The third kappa shape index (κ3) is 3.48. The van der Waals surface area contributed by atoms with Gasteiger partial charge in [-0.1, -0.05) is 13.3 Å². The van der Waals surface area contributed by atoms with Gasteiger partial charge < -0.3 is 5.32 Å². The lowest BCUT2D eigenvalue weighted by Gasteiger charge is -2.38. The van der Waals surface area contributed by atoms with Crippen molar-refractivity contribution in [3.63, 3.8) is 0 Å². The second-order valence-corrected chi connectivity index (χ2v) is 4.33. The van der Waals surface area contributed by atoms with Crippen molar-refractivity contribution in [1.82, 2.24) is 10.2 Å². The molecule has 0 bridgehead atoms. The zero-order chi connectivity index (χ0) is 11.1. The van der Waals surface area contributed by atoms with Crippen molar-refractivity contribution in [2.75, 3.05) is 20.1 Å². The average Bonchev–Trinajstić information content (AvgIpc) is 2.29. The topological polar surface area (TPSA) is 39.1 Å². The van der Waals surface area contributed by atoms with Gasteiger partial charge in [0, 0.05) is 6.04 Å². The lowest BCUT2D eigenvalue weighted by atomic mass is 9.96. The maximum absolute atomic E-state index is 9.11. The van der Waals surface area contributed by atoms with Crippen LogP contribution in [0.5, 0.6) is 0 Å². The molecule has 3 heteroatoms. The van der Waals surface area contributed by atoms with Crippen molar-refractivity contribution in [1.29, 1.82) is 5.26 Å². The molecule has 86 valence electrons. The van der Waals surface area contributed by atoms with Crippen LogP contribution in [-0.4, -0.2) is 37.1 Å². The molecule has 0 aromatic rings. The van der Waals surface area contributed by atoms with Crippen LogP contribution in [0.15, 0.2) is 0 Å². The number of hydrogen-bond acceptors (Lipinski definition) is 3. The van der Waals surface area contributed by atoms with Crippen LogP contribution < -0.4 is 5.32 Å². The average molecular weight is 209 g/mol. The van der Waals surface area contributed by atoms with Crippen LogP contribution in [0.25, 0.3) is 0 Å². The van der Waals surface area contributed by atoms with E-state index in [4.69, 9.17) is 5.26 Å². The summed E-state index contributed by atoms with van der Waals surface area (Å²) >= 11 is 0. The first-order chi connectivity index (χ1) is 7.33. The minimum atomic E-state index is 0.132. The Labute approximate surface area is 93.5 Å². The van der Waals surface area contributed by atoms with E-state index in [1.54, 1.807) is 0 Å². The molecule has 0 amide bonds. The molecule has 0 radical (unpaired) electrons. The number of likely N-dealkylation sites (tertiary alicyclic amines) is 1. The molecule has 0 aromatic carbocycles. The van der Waals surface area contributed by atoms with E-state index in [1.807, 2.05) is 7.05 Å². The van der Waals surface area contributed by atoms with Crippen molar-refractivity contribution in [3.8, 4) is 6.07 Å². The zero-order valence-corrected chi connectivity index (χ0v) is 10.00. The van der Waals surface area contributed by atoms with Crippen molar-refractivity contribution in [2.45, 2.75) is 51.1 Å². The first kappa shape index (κ1) is 12.5. The summed E-state index contributed by atoms with van der Waals surface area (Å²) in [6, 6.07) is 3.19. The molecule has 3 nitrogen and oxygen atoms in total. The lowest BCUT2D eigenvalue weighted by Crippen LogP contribution is -2.46. The molecule has 1 rings (SSSR count). The molecule has 2 atom stereocenters. The molecule has 1 N–H and O–H groups in total. The Morgan fingerprint density at radius 1 is 1.53 bits per heavy atom. The molecule has 1 saturated heterocycles. The zero-order valence-electron chi connectivity index (χ0n) is 10.00. The Morgan fingerprint density at radius 3 is 2.93 bits per heavy atom. The Bertz CT molecular complexity index is 209. The normalized spacial score (nSPS) is 24.7. The van der Waals surface area contributed by atoms with Crippen molar-refractivity contribution < 1.29 is 0 Å². The van der Waals surface area contributed by atoms with Crippen LogP contribution in [0.2, 0.25) is 0 Å². The fourth-order valence-electron chi connectivity index (χ4n) is 2.45. The standard InChI is InChI=1S/C12H23N3/c1-3-11(10-13)15-9-5-4-6-12(15)7-8-14-2/h11-12,14H,3-9H2,1-2H3. The van der Waals surface area contributed by atoms with Gasteiger partial charge in [-0.15, -0.1) is 0 Å². The van der Waals surface area contributed by atoms with E-state index in [2.05, 4.69) is 23.2 Å². The van der Waals surface area contributed by atoms with Crippen LogP contribution >= 0.6 is 0 Å². The summed E-state index contributed by atoms with van der Waals surface area (Å²) in [5.41, 5.74) is 0. The fraction of sp³-hybridized carbons (Fsp3) is 0.917. The summed E-state index contributed by atoms with van der Waals surface area (Å²) in [7, 11) is 1.99. The molecule has 1 fully saturated rings. The van der Waals surface area contributed by atoms with Crippen molar-refractivity contribution >= 4 is 0 Å². The minimum Gasteiger partial charge on any atom is -0.320 e. The van der Waals surface area contributed by atoms with Gasteiger partial charge in [-0.25, -0.2) is 0 Å². The predicted octanol–water partition coefficient (Wildman–Crippen LogP) is 1.75. The molecule has 0 aromatic heterocycles. The third-order valence-electron chi connectivity index (χ3n) is 3.34. The summed E-state index contributed by atoms with van der Waals surface area (Å²) < 4.78 is 0. The molecule has 1 heterocycles. The maximum atomic E-state index is 9.11. The Hall–Kier alpha value is -0.590. The van der Waals surface area contributed by atoms with E-state index in [1.165, 1.54) is 25.7 Å². The molecule has 1 aliphatic heterocycles. The van der Waals surface area contributed by atoms with Gasteiger partial charge in [0.15, 0.2) is 0 Å². The summed E-state index contributed by atoms with van der Waals surface area (Å²) in [5.74, 6) is 0. The van der Waals surface area contributed by atoms with E-state index in [0.29, 0.717) is 6.04 Å². The van der Waals surface area contributed by atoms with Crippen LogP contribution in [0.1, 0.15) is 39.0 Å². The molecular weight excluding hydrogens is 186 g/mol. The monoisotopic (exact) mass is 209 g/mol.